The van der Waals surface area contributed by atoms with Crippen LogP contribution in [0, 0.1) is 5.92 Å². The van der Waals surface area contributed by atoms with Crippen molar-refractivity contribution >= 4 is 0 Å². The molecule has 0 heterocycles. The Morgan fingerprint density at radius 2 is 1.84 bits per heavy atom. The third-order valence-corrected chi connectivity index (χ3v) is 4.33. The van der Waals surface area contributed by atoms with Crippen molar-refractivity contribution in [3.8, 4) is 0 Å². The van der Waals surface area contributed by atoms with E-state index in [4.69, 9.17) is 0 Å². The molecule has 0 saturated heterocycles. The predicted octanol–water partition coefficient (Wildman–Crippen LogP) is 5.70. The lowest BCUT2D eigenvalue weighted by Crippen LogP contribution is -2.27. The van der Waals surface area contributed by atoms with Crippen molar-refractivity contribution in [2.45, 2.75) is 34.6 Å². The maximum atomic E-state index is 4.21. The summed E-state index contributed by atoms with van der Waals surface area (Å²) >= 11 is 0. The Balaban J connectivity index is 3.37. The van der Waals surface area contributed by atoms with Crippen molar-refractivity contribution in [1.29, 1.82) is 0 Å². The lowest BCUT2D eigenvalue weighted by molar-refractivity contribution is 0.697. The van der Waals surface area contributed by atoms with Gasteiger partial charge in [-0.1, -0.05) is 67.7 Å². The number of allylic oxidation sites excluding steroid dienone is 12. The van der Waals surface area contributed by atoms with Gasteiger partial charge in [0.05, 0.1) is 0 Å². The van der Waals surface area contributed by atoms with Gasteiger partial charge in [-0.25, -0.2) is 5.43 Å². The summed E-state index contributed by atoms with van der Waals surface area (Å²) in [6.45, 7) is 18.6. The summed E-state index contributed by atoms with van der Waals surface area (Å²) in [5.74, 6) is 0.352. The molecule has 1 aliphatic carbocycles. The van der Waals surface area contributed by atoms with Crippen LogP contribution < -0.4 is 10.9 Å². The molecule has 0 aromatic carbocycles. The van der Waals surface area contributed by atoms with Crippen LogP contribution in [-0.4, -0.2) is 7.05 Å². The topological polar surface area (TPSA) is 24.1 Å². The third-order valence-electron chi connectivity index (χ3n) is 4.33. The van der Waals surface area contributed by atoms with Gasteiger partial charge >= 0.3 is 0 Å². The first-order chi connectivity index (χ1) is 11.8. The highest BCUT2D eigenvalue weighted by Crippen LogP contribution is 2.29. The maximum absolute atomic E-state index is 4.21. The van der Waals surface area contributed by atoms with Gasteiger partial charge in [0, 0.05) is 18.3 Å². The Morgan fingerprint density at radius 1 is 1.16 bits per heavy atom. The molecule has 1 unspecified atom stereocenters. The fourth-order valence-electron chi connectivity index (χ4n) is 2.50. The Kier molecular flexibility index (Phi) is 8.17. The van der Waals surface area contributed by atoms with E-state index in [-0.39, 0.29) is 0 Å². The van der Waals surface area contributed by atoms with Gasteiger partial charge in [0.25, 0.3) is 0 Å². The smallest absolute Gasteiger partial charge is 0.0491 e. The predicted molar refractivity (Wildman–Crippen MR) is 112 cm³/mol. The van der Waals surface area contributed by atoms with Crippen molar-refractivity contribution in [1.82, 2.24) is 10.9 Å². The quantitative estimate of drug-likeness (QED) is 0.460. The fraction of sp³-hybridized carbons (Fsp3) is 0.304. The zero-order valence-corrected chi connectivity index (χ0v) is 16.5. The van der Waals surface area contributed by atoms with Gasteiger partial charge in [0.15, 0.2) is 0 Å². The van der Waals surface area contributed by atoms with E-state index < -0.39 is 0 Å². The molecule has 2 nitrogen and oxygen atoms in total. The van der Waals surface area contributed by atoms with Crippen LogP contribution in [0.4, 0.5) is 0 Å². The van der Waals surface area contributed by atoms with Crippen molar-refractivity contribution in [3.05, 3.63) is 94.8 Å². The van der Waals surface area contributed by atoms with E-state index in [1.807, 2.05) is 20.0 Å². The van der Waals surface area contributed by atoms with Gasteiger partial charge in [0.1, 0.15) is 0 Å². The number of rotatable bonds is 7. The molecule has 2 heteroatoms. The second-order valence-electron chi connectivity index (χ2n) is 6.55. The molecule has 0 radical (unpaired) electrons. The summed E-state index contributed by atoms with van der Waals surface area (Å²) in [5, 5.41) is 0. The number of hydrogen-bond donors (Lipinski definition) is 2. The Bertz CT molecular complexity index is 706. The zero-order valence-electron chi connectivity index (χ0n) is 16.5. The number of hydrogen-bond acceptors (Lipinski definition) is 2. The Labute approximate surface area is 153 Å². The van der Waals surface area contributed by atoms with E-state index in [0.717, 1.165) is 16.8 Å². The molecule has 0 aromatic rings. The Hall–Kier alpha value is -2.32. The molecule has 2 N–H and O–H groups in total. The molecule has 0 spiro atoms. The van der Waals surface area contributed by atoms with Crippen LogP contribution in [0.1, 0.15) is 34.6 Å². The Morgan fingerprint density at radius 3 is 2.44 bits per heavy atom. The van der Waals surface area contributed by atoms with Crippen LogP contribution in [0.25, 0.3) is 0 Å². The standard InChI is InChI=1S/C23H32N2/c1-9-16(2)10-12-18(4)20(6)15-23(21(7)25-24-8)22-14-17(3)11-13-19(22)5/h9-15,19,24-25H,1,7H2,2-6,8H3/b16-10-,18-12+,20-15+,23-22+. The van der Waals surface area contributed by atoms with Crippen LogP contribution in [0.15, 0.2) is 94.8 Å². The van der Waals surface area contributed by atoms with Gasteiger partial charge in [-0.05, 0) is 56.4 Å². The molecule has 25 heavy (non-hydrogen) atoms. The molecule has 1 atom stereocenters. The first-order valence-electron chi connectivity index (χ1n) is 8.69. The van der Waals surface area contributed by atoms with Gasteiger partial charge in [-0.2, -0.15) is 0 Å². The van der Waals surface area contributed by atoms with Crippen molar-refractivity contribution in [2.24, 2.45) is 5.92 Å². The number of hydrazine groups is 1. The third kappa shape index (κ3) is 6.24. The number of nitrogens with one attached hydrogen (secondary N) is 2. The van der Waals surface area contributed by atoms with Gasteiger partial charge < -0.3 is 5.43 Å². The van der Waals surface area contributed by atoms with E-state index in [1.54, 1.807) is 0 Å². The van der Waals surface area contributed by atoms with Crippen molar-refractivity contribution < 1.29 is 0 Å². The monoisotopic (exact) mass is 336 g/mol. The van der Waals surface area contributed by atoms with E-state index in [9.17, 15) is 0 Å². The second-order valence-corrected chi connectivity index (χ2v) is 6.55. The lowest BCUT2D eigenvalue weighted by atomic mass is 9.87. The molecule has 0 bridgehead atoms. The van der Waals surface area contributed by atoms with Gasteiger partial charge in [-0.3, -0.25) is 0 Å². The summed E-state index contributed by atoms with van der Waals surface area (Å²) in [7, 11) is 1.85. The van der Waals surface area contributed by atoms with Crippen LogP contribution >= 0.6 is 0 Å². The SMILES string of the molecule is C=C\C(C)=C/C=C(C)/C(C)=C/C(C(=C)NNC)=C1/C=C(C)C=CC1C. The first-order valence-corrected chi connectivity index (χ1v) is 8.69. The lowest BCUT2D eigenvalue weighted by Gasteiger charge is -2.21. The largest absolute Gasteiger partial charge is 0.322 e. The average Bonchev–Trinajstić information content (AvgIpc) is 2.59. The normalized spacial score (nSPS) is 21.0. The van der Waals surface area contributed by atoms with E-state index >= 15 is 0 Å². The van der Waals surface area contributed by atoms with Crippen LogP contribution in [-0.2, 0) is 0 Å². The van der Waals surface area contributed by atoms with Crippen LogP contribution in [0.3, 0.4) is 0 Å². The second kappa shape index (κ2) is 9.85. The maximum Gasteiger partial charge on any atom is 0.0491 e. The summed E-state index contributed by atoms with van der Waals surface area (Å²) in [6.07, 6.45) is 14.9. The molecular weight excluding hydrogens is 304 g/mol. The summed E-state index contributed by atoms with van der Waals surface area (Å²) in [5.41, 5.74) is 14.2. The van der Waals surface area contributed by atoms with Gasteiger partial charge in [-0.15, -0.1) is 0 Å². The van der Waals surface area contributed by atoms with E-state index in [2.05, 4.69) is 88.2 Å². The summed E-state index contributed by atoms with van der Waals surface area (Å²) < 4.78 is 0. The minimum atomic E-state index is 0.352. The molecule has 0 aromatic heterocycles. The molecular formula is C23H32N2. The minimum Gasteiger partial charge on any atom is -0.322 e. The van der Waals surface area contributed by atoms with E-state index in [1.165, 1.54) is 22.3 Å². The summed E-state index contributed by atoms with van der Waals surface area (Å²) in [6, 6.07) is 0. The molecule has 0 fully saturated rings. The highest BCUT2D eigenvalue weighted by atomic mass is 15.3. The van der Waals surface area contributed by atoms with Crippen LogP contribution in [0.5, 0.6) is 0 Å². The molecule has 134 valence electrons. The van der Waals surface area contributed by atoms with Crippen molar-refractivity contribution in [2.75, 3.05) is 7.05 Å². The zero-order chi connectivity index (χ0) is 19.0. The highest BCUT2D eigenvalue weighted by Gasteiger charge is 2.14. The first kappa shape index (κ1) is 20.7. The van der Waals surface area contributed by atoms with Crippen LogP contribution in [0.2, 0.25) is 0 Å². The average molecular weight is 337 g/mol. The fourth-order valence-corrected chi connectivity index (χ4v) is 2.50. The van der Waals surface area contributed by atoms with Gasteiger partial charge in [0.2, 0.25) is 0 Å². The van der Waals surface area contributed by atoms with Crippen molar-refractivity contribution in [3.63, 3.8) is 0 Å². The summed E-state index contributed by atoms with van der Waals surface area (Å²) in [4.78, 5) is 0. The molecule has 0 aliphatic heterocycles. The molecule has 0 saturated carbocycles. The highest BCUT2D eigenvalue weighted by molar-refractivity contribution is 5.53. The molecule has 1 rings (SSSR count). The molecule has 1 aliphatic rings. The molecule has 0 amide bonds. The van der Waals surface area contributed by atoms with E-state index in [0.29, 0.717) is 5.92 Å². The minimum absolute atomic E-state index is 0.352.